The number of benzene rings is 1. The number of hydrogen-bond acceptors (Lipinski definition) is 2. The van der Waals surface area contributed by atoms with E-state index >= 15 is 0 Å². The molecule has 1 saturated heterocycles. The second-order valence-corrected chi connectivity index (χ2v) is 4.38. The highest BCUT2D eigenvalue weighted by atomic mass is 35.5. The molecule has 1 fully saturated rings. The largest absolute Gasteiger partial charge is 0.369 e. The average molecular weight is 255 g/mol. The summed E-state index contributed by atoms with van der Waals surface area (Å²) < 4.78 is 12.8. The number of piperazine rings is 1. The van der Waals surface area contributed by atoms with E-state index in [1.165, 1.54) is 12.1 Å². The third-order valence-corrected chi connectivity index (χ3v) is 3.19. The van der Waals surface area contributed by atoms with E-state index in [4.69, 9.17) is 11.6 Å². The lowest BCUT2D eigenvalue weighted by molar-refractivity contribution is 0.284. The maximum absolute atomic E-state index is 12.8. The van der Waals surface area contributed by atoms with Crippen LogP contribution in [0.1, 0.15) is 0 Å². The summed E-state index contributed by atoms with van der Waals surface area (Å²) in [5.74, 6) is -0.181. The Morgan fingerprint density at radius 3 is 2.35 bits per heavy atom. The number of rotatable bonds is 3. The molecule has 0 N–H and O–H groups in total. The Labute approximate surface area is 106 Å². The highest BCUT2D eigenvalue weighted by molar-refractivity contribution is 6.25. The molecule has 0 aliphatic carbocycles. The zero-order valence-electron chi connectivity index (χ0n) is 9.65. The van der Waals surface area contributed by atoms with Crippen molar-refractivity contribution in [1.82, 2.24) is 4.90 Å². The molecule has 4 heteroatoms. The molecule has 0 spiro atoms. The summed E-state index contributed by atoms with van der Waals surface area (Å²) in [6.45, 7) is 4.88. The molecule has 1 aliphatic rings. The Morgan fingerprint density at radius 1 is 1.12 bits per heavy atom. The van der Waals surface area contributed by atoms with Crippen LogP contribution in [0.15, 0.2) is 35.9 Å². The van der Waals surface area contributed by atoms with E-state index in [1.807, 2.05) is 18.2 Å². The molecule has 0 radical (unpaired) electrons. The van der Waals surface area contributed by atoms with Gasteiger partial charge in [-0.1, -0.05) is 17.7 Å². The SMILES string of the molecule is Fc1ccc(N2CCN(C/C=C/Cl)CC2)cc1. The topological polar surface area (TPSA) is 6.48 Å². The van der Waals surface area contributed by atoms with Gasteiger partial charge in [0.05, 0.1) is 0 Å². The first-order valence-corrected chi connectivity index (χ1v) is 6.21. The summed E-state index contributed by atoms with van der Waals surface area (Å²) in [7, 11) is 0. The summed E-state index contributed by atoms with van der Waals surface area (Å²) in [6, 6.07) is 6.70. The monoisotopic (exact) mass is 254 g/mol. The van der Waals surface area contributed by atoms with E-state index in [0.717, 1.165) is 38.4 Å². The van der Waals surface area contributed by atoms with Gasteiger partial charge < -0.3 is 4.90 Å². The van der Waals surface area contributed by atoms with E-state index in [2.05, 4.69) is 9.80 Å². The first-order valence-electron chi connectivity index (χ1n) is 5.77. The maximum atomic E-state index is 12.8. The van der Waals surface area contributed by atoms with Crippen LogP contribution in [-0.4, -0.2) is 37.6 Å². The van der Waals surface area contributed by atoms with Crippen LogP contribution in [-0.2, 0) is 0 Å². The van der Waals surface area contributed by atoms with Crippen molar-refractivity contribution < 1.29 is 4.39 Å². The molecule has 0 bridgehead atoms. The van der Waals surface area contributed by atoms with Crippen molar-refractivity contribution in [2.45, 2.75) is 0 Å². The minimum atomic E-state index is -0.181. The van der Waals surface area contributed by atoms with Crippen molar-refractivity contribution in [3.8, 4) is 0 Å². The molecule has 2 nitrogen and oxygen atoms in total. The molecule has 0 aromatic heterocycles. The summed E-state index contributed by atoms with van der Waals surface area (Å²) >= 11 is 5.51. The predicted molar refractivity (Wildman–Crippen MR) is 70.0 cm³/mol. The Bertz CT molecular complexity index is 370. The normalized spacial score (nSPS) is 17.9. The van der Waals surface area contributed by atoms with Gasteiger partial charge >= 0.3 is 0 Å². The highest BCUT2D eigenvalue weighted by Crippen LogP contribution is 2.16. The second-order valence-electron chi connectivity index (χ2n) is 4.13. The quantitative estimate of drug-likeness (QED) is 0.818. The van der Waals surface area contributed by atoms with Crippen LogP contribution in [0.25, 0.3) is 0 Å². The van der Waals surface area contributed by atoms with Gasteiger partial charge in [-0.15, -0.1) is 0 Å². The molecular formula is C13H16ClFN2. The van der Waals surface area contributed by atoms with Crippen LogP contribution in [0, 0.1) is 5.82 Å². The van der Waals surface area contributed by atoms with Gasteiger partial charge in [0, 0.05) is 43.9 Å². The van der Waals surface area contributed by atoms with Crippen LogP contribution in [0.4, 0.5) is 10.1 Å². The fourth-order valence-electron chi connectivity index (χ4n) is 2.03. The molecule has 17 heavy (non-hydrogen) atoms. The lowest BCUT2D eigenvalue weighted by atomic mass is 10.2. The van der Waals surface area contributed by atoms with E-state index < -0.39 is 0 Å². The van der Waals surface area contributed by atoms with Crippen molar-refractivity contribution >= 4 is 17.3 Å². The first-order chi connectivity index (χ1) is 8.29. The van der Waals surface area contributed by atoms with E-state index in [-0.39, 0.29) is 5.82 Å². The van der Waals surface area contributed by atoms with Gasteiger partial charge in [-0.3, -0.25) is 4.90 Å². The fourth-order valence-corrected chi connectivity index (χ4v) is 2.11. The molecule has 0 amide bonds. The van der Waals surface area contributed by atoms with E-state index in [1.54, 1.807) is 5.54 Å². The summed E-state index contributed by atoms with van der Waals surface area (Å²) in [6.07, 6.45) is 1.95. The van der Waals surface area contributed by atoms with Crippen molar-refractivity contribution in [3.05, 3.63) is 41.7 Å². The molecule has 1 aromatic rings. The zero-order valence-corrected chi connectivity index (χ0v) is 10.4. The fraction of sp³-hybridized carbons (Fsp3) is 0.385. The lowest BCUT2D eigenvalue weighted by Gasteiger charge is -2.35. The van der Waals surface area contributed by atoms with Gasteiger partial charge in [-0.2, -0.15) is 0 Å². The Hall–Kier alpha value is -1.06. The average Bonchev–Trinajstić information content (AvgIpc) is 2.38. The van der Waals surface area contributed by atoms with Crippen LogP contribution < -0.4 is 4.90 Å². The Morgan fingerprint density at radius 2 is 1.76 bits per heavy atom. The van der Waals surface area contributed by atoms with Gasteiger partial charge in [0.15, 0.2) is 0 Å². The first kappa shape index (κ1) is 12.4. The van der Waals surface area contributed by atoms with Gasteiger partial charge in [-0.05, 0) is 24.3 Å². The highest BCUT2D eigenvalue weighted by Gasteiger charge is 2.15. The van der Waals surface area contributed by atoms with Crippen molar-refractivity contribution in [3.63, 3.8) is 0 Å². The molecule has 1 aromatic carbocycles. The van der Waals surface area contributed by atoms with Gasteiger partial charge in [-0.25, -0.2) is 4.39 Å². The smallest absolute Gasteiger partial charge is 0.123 e. The molecule has 1 heterocycles. The van der Waals surface area contributed by atoms with Crippen molar-refractivity contribution in [1.29, 1.82) is 0 Å². The second kappa shape index (κ2) is 6.03. The Balaban J connectivity index is 1.88. The molecule has 1 aliphatic heterocycles. The molecule has 2 rings (SSSR count). The van der Waals surface area contributed by atoms with Crippen molar-refractivity contribution in [2.24, 2.45) is 0 Å². The Kier molecular flexibility index (Phi) is 4.40. The van der Waals surface area contributed by atoms with Crippen LogP contribution in [0.5, 0.6) is 0 Å². The minimum absolute atomic E-state index is 0.181. The van der Waals surface area contributed by atoms with Gasteiger partial charge in [0.2, 0.25) is 0 Å². The molecule has 0 atom stereocenters. The standard InChI is InChI=1S/C13H16ClFN2/c14-6-1-7-16-8-10-17(11-9-16)13-4-2-12(15)3-5-13/h1-6H,7-11H2/b6-1+. The predicted octanol–water partition coefficient (Wildman–Crippen LogP) is 2.70. The summed E-state index contributed by atoms with van der Waals surface area (Å²) in [5.41, 5.74) is 2.66. The number of hydrogen-bond donors (Lipinski definition) is 0. The molecule has 0 saturated carbocycles. The van der Waals surface area contributed by atoms with Gasteiger partial charge in [0.25, 0.3) is 0 Å². The minimum Gasteiger partial charge on any atom is -0.369 e. The number of halogens is 2. The van der Waals surface area contributed by atoms with Crippen LogP contribution in [0.2, 0.25) is 0 Å². The van der Waals surface area contributed by atoms with Crippen LogP contribution in [0.3, 0.4) is 0 Å². The third kappa shape index (κ3) is 3.45. The van der Waals surface area contributed by atoms with E-state index in [0.29, 0.717) is 0 Å². The summed E-state index contributed by atoms with van der Waals surface area (Å²) in [5, 5.41) is 0. The lowest BCUT2D eigenvalue weighted by Crippen LogP contribution is -2.46. The molecular weight excluding hydrogens is 239 g/mol. The molecule has 92 valence electrons. The molecule has 0 unspecified atom stereocenters. The van der Waals surface area contributed by atoms with E-state index in [9.17, 15) is 4.39 Å². The van der Waals surface area contributed by atoms with Crippen LogP contribution >= 0.6 is 11.6 Å². The maximum Gasteiger partial charge on any atom is 0.123 e. The zero-order chi connectivity index (χ0) is 12.1. The summed E-state index contributed by atoms with van der Waals surface area (Å²) in [4.78, 5) is 4.62. The van der Waals surface area contributed by atoms with Crippen molar-refractivity contribution in [2.75, 3.05) is 37.6 Å². The number of nitrogens with zero attached hydrogens (tertiary/aromatic N) is 2. The third-order valence-electron chi connectivity index (χ3n) is 3.02. The van der Waals surface area contributed by atoms with Gasteiger partial charge in [0.1, 0.15) is 5.82 Å². The number of anilines is 1.